The molecule has 6 rings (SSSR count). The molecule has 0 radical (unpaired) electrons. The van der Waals surface area contributed by atoms with E-state index in [1.807, 2.05) is 35.4 Å². The summed E-state index contributed by atoms with van der Waals surface area (Å²) in [6.07, 6.45) is 5.86. The van der Waals surface area contributed by atoms with Crippen LogP contribution in [0.15, 0.2) is 42.6 Å². The van der Waals surface area contributed by atoms with Crippen molar-refractivity contribution in [2.45, 2.75) is 38.1 Å². The number of aromatic nitrogens is 2. The van der Waals surface area contributed by atoms with E-state index in [-0.39, 0.29) is 48.4 Å². The Morgan fingerprint density at radius 3 is 2.40 bits per heavy atom. The Bertz CT molecular complexity index is 1530. The fourth-order valence-corrected chi connectivity index (χ4v) is 7.93. The maximum atomic E-state index is 13.4. The van der Waals surface area contributed by atoms with E-state index >= 15 is 0 Å². The number of carbonyl (C=O) groups is 2. The first-order valence-corrected chi connectivity index (χ1v) is 16.2. The molecule has 8 nitrogen and oxygen atoms in total. The van der Waals surface area contributed by atoms with Crippen molar-refractivity contribution in [1.82, 2.24) is 20.0 Å². The summed E-state index contributed by atoms with van der Waals surface area (Å²) in [4.78, 5) is 29.8. The van der Waals surface area contributed by atoms with Crippen LogP contribution in [0.3, 0.4) is 0 Å². The normalized spacial score (nSPS) is 22.4. The van der Waals surface area contributed by atoms with Gasteiger partial charge in [0.25, 0.3) is 5.91 Å². The number of aryl methyl sites for hydroxylation is 1. The van der Waals surface area contributed by atoms with Gasteiger partial charge in [0.15, 0.2) is 9.84 Å². The average Bonchev–Trinajstić information content (AvgIpc) is 3.56. The number of carbonyl (C=O) groups excluding carboxylic acids is 2. The van der Waals surface area contributed by atoms with Crippen molar-refractivity contribution >= 4 is 44.9 Å². The van der Waals surface area contributed by atoms with Crippen molar-refractivity contribution in [2.75, 3.05) is 31.1 Å². The largest absolute Gasteiger partial charge is 0.339 e. The third-order valence-electron chi connectivity index (χ3n) is 8.46. The summed E-state index contributed by atoms with van der Waals surface area (Å²) in [6.45, 7) is 1.17. The smallest absolute Gasteiger partial charge is 0.253 e. The molecule has 1 N–H and O–H groups in total. The lowest BCUT2D eigenvalue weighted by Gasteiger charge is -2.31. The van der Waals surface area contributed by atoms with Gasteiger partial charge in [0.2, 0.25) is 5.91 Å². The SMILES string of the molecule is O=C(c1ccc(-c2cc(Cl)c(CC3CCN(C4CCc5n[nH]cc5C4)C3=O)c(Cl)c2)cc1)N1CCS(=O)(=O)CC1. The van der Waals surface area contributed by atoms with Crippen LogP contribution >= 0.6 is 23.2 Å². The van der Waals surface area contributed by atoms with Gasteiger partial charge in [0.05, 0.1) is 17.2 Å². The van der Waals surface area contributed by atoms with Crippen molar-refractivity contribution in [2.24, 2.45) is 5.92 Å². The van der Waals surface area contributed by atoms with Gasteiger partial charge < -0.3 is 9.80 Å². The minimum absolute atomic E-state index is 0.00260. The van der Waals surface area contributed by atoms with E-state index in [4.69, 9.17) is 23.2 Å². The van der Waals surface area contributed by atoms with Gasteiger partial charge in [-0.1, -0.05) is 35.3 Å². The topological polar surface area (TPSA) is 103 Å². The number of H-pyrrole nitrogens is 1. The summed E-state index contributed by atoms with van der Waals surface area (Å²) in [5, 5.41) is 8.27. The van der Waals surface area contributed by atoms with Gasteiger partial charge in [-0.2, -0.15) is 5.10 Å². The molecule has 2 fully saturated rings. The zero-order valence-electron chi connectivity index (χ0n) is 21.9. The number of likely N-dealkylation sites (tertiary alicyclic amines) is 1. The molecule has 210 valence electrons. The van der Waals surface area contributed by atoms with Crippen LogP contribution in [0.4, 0.5) is 0 Å². The average molecular weight is 602 g/mol. The number of sulfone groups is 1. The van der Waals surface area contributed by atoms with Crippen LogP contribution in [-0.2, 0) is 33.9 Å². The van der Waals surface area contributed by atoms with Crippen LogP contribution < -0.4 is 0 Å². The lowest BCUT2D eigenvalue weighted by atomic mass is 9.92. The number of hydrogen-bond donors (Lipinski definition) is 1. The summed E-state index contributed by atoms with van der Waals surface area (Å²) in [5.41, 5.74) is 5.27. The van der Waals surface area contributed by atoms with E-state index in [1.54, 1.807) is 17.0 Å². The zero-order chi connectivity index (χ0) is 28.0. The van der Waals surface area contributed by atoms with Gasteiger partial charge in [-0.15, -0.1) is 0 Å². The Kier molecular flexibility index (Phi) is 7.39. The number of aromatic amines is 1. The monoisotopic (exact) mass is 600 g/mol. The first kappa shape index (κ1) is 27.3. The maximum absolute atomic E-state index is 13.4. The van der Waals surface area contributed by atoms with Crippen LogP contribution in [0.5, 0.6) is 0 Å². The van der Waals surface area contributed by atoms with Crippen LogP contribution in [0.25, 0.3) is 11.1 Å². The quantitative estimate of drug-likeness (QED) is 0.472. The van der Waals surface area contributed by atoms with E-state index in [1.165, 1.54) is 5.56 Å². The first-order valence-electron chi connectivity index (χ1n) is 13.6. The third kappa shape index (κ3) is 5.39. The number of rotatable bonds is 5. The second-order valence-corrected chi connectivity index (χ2v) is 14.0. The number of halogens is 2. The van der Waals surface area contributed by atoms with Gasteiger partial charge in [0, 0.05) is 53.4 Å². The van der Waals surface area contributed by atoms with E-state index in [0.29, 0.717) is 22.0 Å². The third-order valence-corrected chi connectivity index (χ3v) is 10.7. The molecule has 1 aromatic heterocycles. The second kappa shape index (κ2) is 10.8. The lowest BCUT2D eigenvalue weighted by Crippen LogP contribution is -2.43. The molecule has 0 spiro atoms. The molecule has 2 unspecified atom stereocenters. The predicted octanol–water partition coefficient (Wildman–Crippen LogP) is 4.20. The first-order chi connectivity index (χ1) is 19.2. The summed E-state index contributed by atoms with van der Waals surface area (Å²) in [7, 11) is -3.06. The molecule has 3 aromatic rings. The number of amides is 2. The van der Waals surface area contributed by atoms with Gasteiger partial charge in [-0.05, 0) is 78.6 Å². The Morgan fingerprint density at radius 1 is 1.00 bits per heavy atom. The number of nitrogens with zero attached hydrogens (tertiary/aromatic N) is 3. The number of hydrogen-bond acceptors (Lipinski definition) is 5. The fraction of sp³-hybridized carbons (Fsp3) is 0.414. The van der Waals surface area contributed by atoms with Gasteiger partial charge in [-0.3, -0.25) is 14.7 Å². The van der Waals surface area contributed by atoms with Crippen molar-refractivity contribution in [3.63, 3.8) is 0 Å². The summed E-state index contributed by atoms with van der Waals surface area (Å²) in [6, 6.07) is 11.1. The van der Waals surface area contributed by atoms with Crippen LogP contribution in [0, 0.1) is 5.92 Å². The molecule has 2 aromatic carbocycles. The van der Waals surface area contributed by atoms with Crippen molar-refractivity contribution in [1.29, 1.82) is 0 Å². The highest BCUT2D eigenvalue weighted by Gasteiger charge is 2.38. The number of nitrogens with one attached hydrogen (secondary N) is 1. The highest BCUT2D eigenvalue weighted by Crippen LogP contribution is 2.36. The predicted molar refractivity (Wildman–Crippen MR) is 154 cm³/mol. The van der Waals surface area contributed by atoms with Gasteiger partial charge in [0.1, 0.15) is 0 Å². The minimum atomic E-state index is -3.06. The summed E-state index contributed by atoms with van der Waals surface area (Å²) >= 11 is 13.4. The Morgan fingerprint density at radius 2 is 1.70 bits per heavy atom. The van der Waals surface area contributed by atoms with Crippen LogP contribution in [-0.4, -0.2) is 77.4 Å². The summed E-state index contributed by atoms with van der Waals surface area (Å²) in [5.74, 6) is -0.169. The molecule has 1 aliphatic carbocycles. The molecule has 2 amide bonds. The van der Waals surface area contributed by atoms with Crippen LogP contribution in [0.1, 0.15) is 40.0 Å². The molecular formula is C29H30Cl2N4O4S. The molecule has 0 saturated carbocycles. The highest BCUT2D eigenvalue weighted by atomic mass is 35.5. The molecule has 3 aliphatic rings. The van der Waals surface area contributed by atoms with Crippen molar-refractivity contribution in [3.05, 3.63) is 75.0 Å². The number of fused-ring (bicyclic) bond motifs is 1. The van der Waals surface area contributed by atoms with Crippen LogP contribution in [0.2, 0.25) is 10.0 Å². The minimum Gasteiger partial charge on any atom is -0.339 e. The molecule has 11 heteroatoms. The molecule has 2 atom stereocenters. The second-order valence-electron chi connectivity index (χ2n) is 10.9. The molecule has 0 bridgehead atoms. The molecule has 2 saturated heterocycles. The van der Waals surface area contributed by atoms with E-state index in [0.717, 1.165) is 54.6 Å². The highest BCUT2D eigenvalue weighted by molar-refractivity contribution is 7.91. The molecule has 2 aliphatic heterocycles. The standard InChI is InChI=1S/C29H30Cl2N4O4S/c30-25-15-21(18-1-3-19(4-2-18)28(36)34-9-11-40(38,39)12-10-34)16-26(31)24(25)14-20-7-8-35(29(20)37)23-5-6-27-22(13-23)17-32-33-27/h1-4,15-17,20,23H,5-14H2,(H,32,33). The maximum Gasteiger partial charge on any atom is 0.253 e. The molecule has 3 heterocycles. The fourth-order valence-electron chi connectivity index (χ4n) is 6.09. The lowest BCUT2D eigenvalue weighted by molar-refractivity contribution is -0.133. The van der Waals surface area contributed by atoms with E-state index in [2.05, 4.69) is 10.2 Å². The Hall–Kier alpha value is -2.88. The number of benzene rings is 2. The van der Waals surface area contributed by atoms with Gasteiger partial charge in [-0.25, -0.2) is 8.42 Å². The van der Waals surface area contributed by atoms with E-state index in [9.17, 15) is 18.0 Å². The van der Waals surface area contributed by atoms with Crippen molar-refractivity contribution in [3.8, 4) is 11.1 Å². The molecule has 40 heavy (non-hydrogen) atoms. The van der Waals surface area contributed by atoms with E-state index < -0.39 is 9.84 Å². The summed E-state index contributed by atoms with van der Waals surface area (Å²) < 4.78 is 23.4. The Labute approximate surface area is 243 Å². The Balaban J connectivity index is 1.12. The molecular weight excluding hydrogens is 571 g/mol. The van der Waals surface area contributed by atoms with Gasteiger partial charge >= 0.3 is 0 Å². The zero-order valence-corrected chi connectivity index (χ0v) is 24.2. The van der Waals surface area contributed by atoms with Crippen molar-refractivity contribution < 1.29 is 18.0 Å².